The largest absolute Gasteiger partial charge is 0.198 e. The fourth-order valence-electron chi connectivity index (χ4n) is 1.19. The topological polar surface area (TPSA) is 23.8 Å². The molecule has 2 heteroatoms. The molecule has 1 fully saturated rings. The van der Waals surface area contributed by atoms with Gasteiger partial charge in [0.2, 0.25) is 0 Å². The molecule has 0 aliphatic carbocycles. The monoisotopic (exact) mass is 155 g/mol. The first-order valence-electron chi connectivity index (χ1n) is 3.66. The van der Waals surface area contributed by atoms with Gasteiger partial charge in [-0.25, -0.2) is 0 Å². The Balaban J connectivity index is 2.56. The van der Waals surface area contributed by atoms with Crippen molar-refractivity contribution in [3.05, 3.63) is 0 Å². The molecule has 56 valence electrons. The molecule has 1 aliphatic heterocycles. The molecule has 1 saturated heterocycles. The van der Waals surface area contributed by atoms with E-state index in [2.05, 4.69) is 6.07 Å². The van der Waals surface area contributed by atoms with Crippen molar-refractivity contribution in [2.24, 2.45) is 11.3 Å². The maximum absolute atomic E-state index is 8.80. The fraction of sp³-hybridized carbons (Fsp3) is 0.875. The van der Waals surface area contributed by atoms with Crippen LogP contribution in [0.5, 0.6) is 0 Å². The fourth-order valence-corrected chi connectivity index (χ4v) is 2.68. The maximum atomic E-state index is 8.80. The van der Waals surface area contributed by atoms with Crippen molar-refractivity contribution in [3.8, 4) is 6.07 Å². The van der Waals surface area contributed by atoms with Crippen LogP contribution < -0.4 is 0 Å². The van der Waals surface area contributed by atoms with Gasteiger partial charge in [0.15, 0.2) is 0 Å². The molecule has 0 aromatic carbocycles. The van der Waals surface area contributed by atoms with E-state index in [9.17, 15) is 0 Å². The van der Waals surface area contributed by atoms with E-state index in [4.69, 9.17) is 5.26 Å². The van der Waals surface area contributed by atoms with Gasteiger partial charge in [0.1, 0.15) is 0 Å². The molecule has 10 heavy (non-hydrogen) atoms. The summed E-state index contributed by atoms with van der Waals surface area (Å²) in [6, 6.07) is 2.37. The Bertz CT molecular complexity index is 151. The average molecular weight is 155 g/mol. The number of rotatable bonds is 1. The van der Waals surface area contributed by atoms with E-state index >= 15 is 0 Å². The summed E-state index contributed by atoms with van der Waals surface area (Å²) in [7, 11) is 0. The van der Waals surface area contributed by atoms with Crippen molar-refractivity contribution in [1.29, 1.82) is 5.26 Å². The molecule has 0 radical (unpaired) electrons. The van der Waals surface area contributed by atoms with Crippen LogP contribution in [0.1, 0.15) is 20.3 Å². The Labute approximate surface area is 66.8 Å². The summed E-state index contributed by atoms with van der Waals surface area (Å²) >= 11 is 1.97. The number of hydrogen-bond acceptors (Lipinski definition) is 2. The summed E-state index contributed by atoms with van der Waals surface area (Å²) in [5.74, 6) is 3.05. The first-order valence-corrected chi connectivity index (χ1v) is 4.81. The molecule has 1 atom stereocenters. The normalized spacial score (nSPS) is 26.3. The van der Waals surface area contributed by atoms with Gasteiger partial charge in [-0.3, -0.25) is 0 Å². The van der Waals surface area contributed by atoms with E-state index < -0.39 is 0 Å². The quantitative estimate of drug-likeness (QED) is 0.580. The van der Waals surface area contributed by atoms with E-state index in [-0.39, 0.29) is 5.41 Å². The van der Waals surface area contributed by atoms with E-state index in [1.54, 1.807) is 0 Å². The summed E-state index contributed by atoms with van der Waals surface area (Å²) < 4.78 is 0. The van der Waals surface area contributed by atoms with Crippen LogP contribution in [0, 0.1) is 22.7 Å². The zero-order chi connectivity index (χ0) is 7.61. The molecular weight excluding hydrogens is 142 g/mol. The third-order valence-electron chi connectivity index (χ3n) is 2.24. The zero-order valence-corrected chi connectivity index (χ0v) is 7.37. The summed E-state index contributed by atoms with van der Waals surface area (Å²) in [5.41, 5.74) is -0.0937. The smallest absolute Gasteiger partial charge is 0.0687 e. The van der Waals surface area contributed by atoms with Gasteiger partial charge in [-0.05, 0) is 37.7 Å². The molecule has 0 spiro atoms. The average Bonchev–Trinajstić information content (AvgIpc) is 2.38. The number of hydrogen-bond donors (Lipinski definition) is 0. The van der Waals surface area contributed by atoms with Crippen LogP contribution in [-0.4, -0.2) is 11.5 Å². The standard InChI is InChI=1S/C8H13NS/c1-8(2,6-9)7-3-4-10-5-7/h7H,3-5H2,1-2H3. The Morgan fingerprint density at radius 1 is 1.60 bits per heavy atom. The number of nitrogens with zero attached hydrogens (tertiary/aromatic N) is 1. The van der Waals surface area contributed by atoms with Gasteiger partial charge >= 0.3 is 0 Å². The van der Waals surface area contributed by atoms with Crippen LogP contribution in [0.4, 0.5) is 0 Å². The summed E-state index contributed by atoms with van der Waals surface area (Å²) in [6.07, 6.45) is 1.23. The van der Waals surface area contributed by atoms with Crippen LogP contribution in [0.3, 0.4) is 0 Å². The summed E-state index contributed by atoms with van der Waals surface area (Å²) in [6.45, 7) is 4.09. The molecule has 1 aliphatic rings. The van der Waals surface area contributed by atoms with Crippen LogP contribution in [0.15, 0.2) is 0 Å². The van der Waals surface area contributed by atoms with Crippen molar-refractivity contribution in [2.75, 3.05) is 11.5 Å². The number of thioether (sulfide) groups is 1. The van der Waals surface area contributed by atoms with Gasteiger partial charge in [0.25, 0.3) is 0 Å². The predicted molar refractivity (Wildman–Crippen MR) is 44.8 cm³/mol. The lowest BCUT2D eigenvalue weighted by Crippen LogP contribution is -2.21. The van der Waals surface area contributed by atoms with E-state index in [1.165, 1.54) is 17.9 Å². The molecular formula is C8H13NS. The Hall–Kier alpha value is -0.160. The lowest BCUT2D eigenvalue weighted by Gasteiger charge is -2.22. The molecule has 0 N–H and O–H groups in total. The molecule has 1 rings (SSSR count). The van der Waals surface area contributed by atoms with E-state index in [1.807, 2.05) is 25.6 Å². The van der Waals surface area contributed by atoms with Crippen molar-refractivity contribution >= 4 is 11.8 Å². The second kappa shape index (κ2) is 2.84. The second-order valence-electron chi connectivity index (χ2n) is 3.39. The van der Waals surface area contributed by atoms with Gasteiger partial charge < -0.3 is 0 Å². The van der Waals surface area contributed by atoms with Crippen LogP contribution in [-0.2, 0) is 0 Å². The van der Waals surface area contributed by atoms with Gasteiger partial charge in [0.05, 0.1) is 11.5 Å². The van der Waals surface area contributed by atoms with Crippen molar-refractivity contribution in [3.63, 3.8) is 0 Å². The van der Waals surface area contributed by atoms with E-state index in [0.717, 1.165) is 0 Å². The molecule has 0 aromatic heterocycles. The van der Waals surface area contributed by atoms with Crippen molar-refractivity contribution in [2.45, 2.75) is 20.3 Å². The van der Waals surface area contributed by atoms with Gasteiger partial charge in [-0.2, -0.15) is 17.0 Å². The lowest BCUT2D eigenvalue weighted by molar-refractivity contribution is 0.326. The highest BCUT2D eigenvalue weighted by Gasteiger charge is 2.31. The lowest BCUT2D eigenvalue weighted by atomic mass is 9.80. The molecule has 0 aromatic rings. The summed E-state index contributed by atoms with van der Waals surface area (Å²) in [5, 5.41) is 8.80. The van der Waals surface area contributed by atoms with Crippen LogP contribution in [0.25, 0.3) is 0 Å². The first kappa shape index (κ1) is 7.94. The second-order valence-corrected chi connectivity index (χ2v) is 4.54. The highest BCUT2D eigenvalue weighted by molar-refractivity contribution is 7.99. The van der Waals surface area contributed by atoms with Crippen molar-refractivity contribution in [1.82, 2.24) is 0 Å². The molecule has 1 nitrogen and oxygen atoms in total. The molecule has 1 heterocycles. The molecule has 0 bridgehead atoms. The van der Waals surface area contributed by atoms with Crippen LogP contribution >= 0.6 is 11.8 Å². The van der Waals surface area contributed by atoms with Gasteiger partial charge in [-0.1, -0.05) is 0 Å². The maximum Gasteiger partial charge on any atom is 0.0687 e. The molecule has 0 saturated carbocycles. The van der Waals surface area contributed by atoms with Gasteiger partial charge in [-0.15, -0.1) is 0 Å². The Morgan fingerprint density at radius 2 is 2.30 bits per heavy atom. The number of nitriles is 1. The minimum absolute atomic E-state index is 0.0937. The minimum atomic E-state index is -0.0937. The predicted octanol–water partition coefficient (Wildman–Crippen LogP) is 2.29. The van der Waals surface area contributed by atoms with E-state index in [0.29, 0.717) is 5.92 Å². The Morgan fingerprint density at radius 3 is 2.70 bits per heavy atom. The Kier molecular flexibility index (Phi) is 2.25. The summed E-state index contributed by atoms with van der Waals surface area (Å²) in [4.78, 5) is 0. The highest BCUT2D eigenvalue weighted by Crippen LogP contribution is 2.37. The SMILES string of the molecule is CC(C)(C#N)C1CCSC1. The minimum Gasteiger partial charge on any atom is -0.198 e. The molecule has 1 unspecified atom stereocenters. The third kappa shape index (κ3) is 1.46. The highest BCUT2D eigenvalue weighted by atomic mass is 32.2. The van der Waals surface area contributed by atoms with Gasteiger partial charge in [0, 0.05) is 0 Å². The van der Waals surface area contributed by atoms with Crippen LogP contribution in [0.2, 0.25) is 0 Å². The molecule has 0 amide bonds. The zero-order valence-electron chi connectivity index (χ0n) is 6.55. The first-order chi connectivity index (χ1) is 4.67. The third-order valence-corrected chi connectivity index (χ3v) is 3.40. The van der Waals surface area contributed by atoms with Crippen molar-refractivity contribution < 1.29 is 0 Å².